The van der Waals surface area contributed by atoms with E-state index < -0.39 is 42.6 Å². The second-order valence-electron chi connectivity index (χ2n) is 7.27. The SMILES string of the molecule is CCCC(CP(=O)(CC(CCC)C(N)=O)CC(CCC)C(N)=O)C(N)=O. The summed E-state index contributed by atoms with van der Waals surface area (Å²) in [6.07, 6.45) is 4.11. The minimum atomic E-state index is -3.04. The summed E-state index contributed by atoms with van der Waals surface area (Å²) < 4.78 is 13.8. The van der Waals surface area contributed by atoms with Gasteiger partial charge in [-0.1, -0.05) is 40.0 Å². The van der Waals surface area contributed by atoms with Crippen molar-refractivity contribution in [1.82, 2.24) is 0 Å². The molecule has 0 fully saturated rings. The zero-order valence-electron chi connectivity index (χ0n) is 16.4. The lowest BCUT2D eigenvalue weighted by Gasteiger charge is -2.28. The van der Waals surface area contributed by atoms with Crippen LogP contribution in [0.15, 0.2) is 0 Å². The Kier molecular flexibility index (Phi) is 11.5. The fraction of sp³-hybridized carbons (Fsp3) is 0.833. The van der Waals surface area contributed by atoms with Gasteiger partial charge in [0.2, 0.25) is 17.7 Å². The number of nitrogens with two attached hydrogens (primary N) is 3. The van der Waals surface area contributed by atoms with E-state index in [-0.39, 0.29) is 18.5 Å². The summed E-state index contributed by atoms with van der Waals surface area (Å²) in [5, 5.41) is 0. The van der Waals surface area contributed by atoms with Crippen molar-refractivity contribution < 1.29 is 18.9 Å². The third-order valence-corrected chi connectivity index (χ3v) is 8.10. The van der Waals surface area contributed by atoms with Crippen molar-refractivity contribution in [2.24, 2.45) is 35.0 Å². The summed E-state index contributed by atoms with van der Waals surface area (Å²) in [4.78, 5) is 35.3. The van der Waals surface area contributed by atoms with E-state index in [2.05, 4.69) is 0 Å². The Balaban J connectivity index is 5.65. The minimum absolute atomic E-state index is 0.108. The predicted octanol–water partition coefficient (Wildman–Crippen LogP) is 2.05. The van der Waals surface area contributed by atoms with Gasteiger partial charge in [0.1, 0.15) is 0 Å². The highest BCUT2D eigenvalue weighted by Gasteiger charge is 2.36. The van der Waals surface area contributed by atoms with Gasteiger partial charge in [0.05, 0.1) is 7.14 Å². The maximum Gasteiger partial charge on any atom is 0.220 e. The molecule has 0 heterocycles. The van der Waals surface area contributed by atoms with Crippen LogP contribution in [-0.4, -0.2) is 36.2 Å². The van der Waals surface area contributed by atoms with E-state index in [1.807, 2.05) is 20.8 Å². The first-order chi connectivity index (χ1) is 12.1. The van der Waals surface area contributed by atoms with Crippen molar-refractivity contribution in [2.75, 3.05) is 18.5 Å². The molecular formula is C18H36N3O4P. The Hall–Kier alpha value is -1.36. The molecule has 7 nitrogen and oxygen atoms in total. The van der Waals surface area contributed by atoms with Gasteiger partial charge in [0.15, 0.2) is 0 Å². The Bertz CT molecular complexity index is 453. The van der Waals surface area contributed by atoms with Crippen molar-refractivity contribution in [3.8, 4) is 0 Å². The molecule has 0 rings (SSSR count). The fourth-order valence-electron chi connectivity index (χ4n) is 3.44. The van der Waals surface area contributed by atoms with Crippen LogP contribution in [-0.2, 0) is 18.9 Å². The molecule has 0 bridgehead atoms. The van der Waals surface area contributed by atoms with Gasteiger partial charge in [-0.3, -0.25) is 14.4 Å². The van der Waals surface area contributed by atoms with Crippen LogP contribution in [0.5, 0.6) is 0 Å². The van der Waals surface area contributed by atoms with Gasteiger partial charge >= 0.3 is 0 Å². The molecular weight excluding hydrogens is 353 g/mol. The maximum absolute atomic E-state index is 13.8. The van der Waals surface area contributed by atoms with E-state index in [1.54, 1.807) is 0 Å². The molecule has 3 atom stereocenters. The molecule has 0 spiro atoms. The summed E-state index contributed by atoms with van der Waals surface area (Å²) in [6.45, 7) is 5.77. The fourth-order valence-corrected chi connectivity index (χ4v) is 7.39. The number of hydrogen-bond donors (Lipinski definition) is 3. The summed E-state index contributed by atoms with van der Waals surface area (Å²) >= 11 is 0. The van der Waals surface area contributed by atoms with E-state index in [1.165, 1.54) is 0 Å². The minimum Gasteiger partial charge on any atom is -0.369 e. The highest BCUT2D eigenvalue weighted by Crippen LogP contribution is 2.52. The highest BCUT2D eigenvalue weighted by atomic mass is 31.2. The largest absolute Gasteiger partial charge is 0.369 e. The molecule has 0 aliphatic heterocycles. The molecule has 0 aromatic heterocycles. The second kappa shape index (κ2) is 12.1. The monoisotopic (exact) mass is 389 g/mol. The van der Waals surface area contributed by atoms with Crippen LogP contribution in [0.3, 0.4) is 0 Å². The summed E-state index contributed by atoms with van der Waals surface area (Å²) in [5.74, 6) is -3.08. The van der Waals surface area contributed by atoms with Crippen molar-refractivity contribution >= 4 is 24.9 Å². The molecule has 3 amide bonds. The molecule has 26 heavy (non-hydrogen) atoms. The van der Waals surface area contributed by atoms with Gasteiger partial charge in [-0.2, -0.15) is 0 Å². The molecule has 3 unspecified atom stereocenters. The lowest BCUT2D eigenvalue weighted by Crippen LogP contribution is -2.33. The zero-order valence-corrected chi connectivity index (χ0v) is 17.3. The average Bonchev–Trinajstić information content (AvgIpc) is 2.53. The first kappa shape index (κ1) is 24.6. The number of amides is 3. The van der Waals surface area contributed by atoms with Crippen LogP contribution in [0, 0.1) is 17.8 Å². The second-order valence-corrected chi connectivity index (χ2v) is 10.5. The number of rotatable bonds is 15. The Labute approximate surface area is 157 Å². The van der Waals surface area contributed by atoms with Crippen LogP contribution >= 0.6 is 7.14 Å². The van der Waals surface area contributed by atoms with Crippen molar-refractivity contribution in [3.63, 3.8) is 0 Å². The van der Waals surface area contributed by atoms with E-state index in [4.69, 9.17) is 17.2 Å². The van der Waals surface area contributed by atoms with E-state index >= 15 is 0 Å². The quantitative estimate of drug-likeness (QED) is 0.368. The predicted molar refractivity (Wildman–Crippen MR) is 105 cm³/mol. The third-order valence-electron chi connectivity index (χ3n) is 4.78. The number of carbonyl (C=O) groups excluding carboxylic acids is 3. The molecule has 0 saturated carbocycles. The lowest BCUT2D eigenvalue weighted by molar-refractivity contribution is -0.121. The Morgan fingerprint density at radius 3 is 1.04 bits per heavy atom. The standard InChI is InChI=1S/C18H36N3O4P/c1-4-7-13(16(19)22)10-26(25,11-14(8-5-2)17(20)23)12-15(9-6-3)18(21)24/h13-15H,4-12H2,1-3H3,(H2,19,22)(H2,20,23)(H2,21,24). The third kappa shape index (κ3) is 8.84. The van der Waals surface area contributed by atoms with Crippen LogP contribution in [0.2, 0.25) is 0 Å². The van der Waals surface area contributed by atoms with Gasteiger partial charge in [-0.15, -0.1) is 0 Å². The maximum atomic E-state index is 13.8. The topological polar surface area (TPSA) is 146 Å². The van der Waals surface area contributed by atoms with Gasteiger partial charge < -0.3 is 21.8 Å². The number of carbonyl (C=O) groups is 3. The Morgan fingerprint density at radius 1 is 0.654 bits per heavy atom. The lowest BCUT2D eigenvalue weighted by atomic mass is 10.1. The van der Waals surface area contributed by atoms with Gasteiger partial charge in [0.25, 0.3) is 0 Å². The van der Waals surface area contributed by atoms with Crippen molar-refractivity contribution in [3.05, 3.63) is 0 Å². The Morgan fingerprint density at radius 2 is 0.885 bits per heavy atom. The van der Waals surface area contributed by atoms with E-state index in [9.17, 15) is 18.9 Å². The molecule has 0 saturated heterocycles. The van der Waals surface area contributed by atoms with E-state index in [0.717, 1.165) is 19.3 Å². The molecule has 6 N–H and O–H groups in total. The zero-order chi connectivity index (χ0) is 20.3. The normalized spacial score (nSPS) is 17.0. The number of hydrogen-bond acceptors (Lipinski definition) is 4. The van der Waals surface area contributed by atoms with Crippen LogP contribution in [0.1, 0.15) is 59.3 Å². The number of primary amides is 3. The first-order valence-corrected chi connectivity index (χ1v) is 11.8. The summed E-state index contributed by atoms with van der Waals surface area (Å²) in [6, 6.07) is 0. The van der Waals surface area contributed by atoms with Gasteiger partial charge in [-0.05, 0) is 19.3 Å². The van der Waals surface area contributed by atoms with E-state index in [0.29, 0.717) is 19.3 Å². The molecule has 152 valence electrons. The molecule has 0 aliphatic rings. The first-order valence-electron chi connectivity index (χ1n) is 9.55. The molecule has 0 aliphatic carbocycles. The molecule has 8 heteroatoms. The van der Waals surface area contributed by atoms with Gasteiger partial charge in [0, 0.05) is 36.2 Å². The summed E-state index contributed by atoms with van der Waals surface area (Å²) in [5.41, 5.74) is 16.5. The van der Waals surface area contributed by atoms with Crippen molar-refractivity contribution in [1.29, 1.82) is 0 Å². The van der Waals surface area contributed by atoms with Crippen LogP contribution < -0.4 is 17.2 Å². The summed E-state index contributed by atoms with van der Waals surface area (Å²) in [7, 11) is -3.04. The van der Waals surface area contributed by atoms with Crippen LogP contribution in [0.4, 0.5) is 0 Å². The molecule has 0 aromatic rings. The highest BCUT2D eigenvalue weighted by molar-refractivity contribution is 7.64. The molecule has 0 aromatic carbocycles. The molecule has 0 radical (unpaired) electrons. The van der Waals surface area contributed by atoms with Crippen LogP contribution in [0.25, 0.3) is 0 Å². The smallest absolute Gasteiger partial charge is 0.220 e. The van der Waals surface area contributed by atoms with Crippen molar-refractivity contribution in [2.45, 2.75) is 59.3 Å². The average molecular weight is 389 g/mol. The van der Waals surface area contributed by atoms with Gasteiger partial charge in [-0.25, -0.2) is 0 Å².